The molecule has 92 valence electrons. The van der Waals surface area contributed by atoms with Crippen molar-refractivity contribution in [1.82, 2.24) is 10.6 Å². The van der Waals surface area contributed by atoms with Crippen LogP contribution < -0.4 is 10.6 Å². The Hall–Kier alpha value is -1.59. The Morgan fingerprint density at radius 3 is 2.88 bits per heavy atom. The molecule has 0 aromatic heterocycles. The van der Waals surface area contributed by atoms with E-state index in [9.17, 15) is 14.4 Å². The maximum atomic E-state index is 11.8. The second-order valence-electron chi connectivity index (χ2n) is 4.89. The number of carbonyl (C=O) groups excluding carboxylic acids is 3. The van der Waals surface area contributed by atoms with E-state index in [0.717, 1.165) is 6.42 Å². The molecule has 4 atom stereocenters. The van der Waals surface area contributed by atoms with Crippen molar-refractivity contribution in [1.29, 1.82) is 0 Å². The Kier molecular flexibility index (Phi) is 1.99. The molecule has 17 heavy (non-hydrogen) atoms. The standard InChI is InChI=1S/C11H14N2O4/c1-2-17-8(14)6-5-3-4-11(7(5)6)9(15)12-10(16)13-11/h5-7H,2-4H2,1H3,(H2,12,13,15,16)/t5-,6-,7-,11-/m0/s1. The number of nitrogens with one attached hydrogen (secondary N) is 2. The van der Waals surface area contributed by atoms with E-state index < -0.39 is 11.6 Å². The first-order chi connectivity index (χ1) is 8.10. The van der Waals surface area contributed by atoms with Gasteiger partial charge in [0.05, 0.1) is 12.5 Å². The highest BCUT2D eigenvalue weighted by Gasteiger charge is 2.73. The van der Waals surface area contributed by atoms with Crippen molar-refractivity contribution in [2.45, 2.75) is 25.3 Å². The molecule has 2 aliphatic carbocycles. The van der Waals surface area contributed by atoms with Gasteiger partial charge in [-0.1, -0.05) is 0 Å². The van der Waals surface area contributed by atoms with Crippen molar-refractivity contribution in [2.75, 3.05) is 6.61 Å². The maximum absolute atomic E-state index is 11.8. The van der Waals surface area contributed by atoms with Crippen LogP contribution >= 0.6 is 0 Å². The van der Waals surface area contributed by atoms with Crippen molar-refractivity contribution in [2.24, 2.45) is 17.8 Å². The predicted octanol–water partition coefficient (Wildman–Crippen LogP) is -0.216. The smallest absolute Gasteiger partial charge is 0.322 e. The van der Waals surface area contributed by atoms with Gasteiger partial charge in [0.25, 0.3) is 5.91 Å². The first-order valence-electron chi connectivity index (χ1n) is 5.90. The molecule has 2 saturated carbocycles. The first kappa shape index (κ1) is 10.6. The molecule has 1 spiro atoms. The molecule has 0 unspecified atom stereocenters. The Bertz CT molecular complexity index is 422. The molecule has 6 nitrogen and oxygen atoms in total. The quantitative estimate of drug-likeness (QED) is 0.514. The number of imide groups is 1. The van der Waals surface area contributed by atoms with Gasteiger partial charge >= 0.3 is 12.0 Å². The van der Waals surface area contributed by atoms with E-state index in [4.69, 9.17) is 4.74 Å². The summed E-state index contributed by atoms with van der Waals surface area (Å²) >= 11 is 0. The lowest BCUT2D eigenvalue weighted by Crippen LogP contribution is -2.48. The molecule has 0 aromatic rings. The number of urea groups is 1. The minimum absolute atomic E-state index is 0.0759. The van der Waals surface area contributed by atoms with Gasteiger partial charge in [-0.15, -0.1) is 0 Å². The number of carbonyl (C=O) groups is 3. The van der Waals surface area contributed by atoms with Crippen LogP contribution in [0.25, 0.3) is 0 Å². The lowest BCUT2D eigenvalue weighted by atomic mass is 9.90. The van der Waals surface area contributed by atoms with Gasteiger partial charge in [-0.3, -0.25) is 14.9 Å². The summed E-state index contributed by atoms with van der Waals surface area (Å²) in [7, 11) is 0. The summed E-state index contributed by atoms with van der Waals surface area (Å²) in [6, 6.07) is -0.454. The summed E-state index contributed by atoms with van der Waals surface area (Å²) in [4.78, 5) is 34.7. The molecular weight excluding hydrogens is 224 g/mol. The van der Waals surface area contributed by atoms with Gasteiger partial charge in [0.15, 0.2) is 0 Å². The largest absolute Gasteiger partial charge is 0.466 e. The van der Waals surface area contributed by atoms with Crippen LogP contribution in [0, 0.1) is 17.8 Å². The number of amides is 3. The summed E-state index contributed by atoms with van der Waals surface area (Å²) in [6.07, 6.45) is 1.41. The van der Waals surface area contributed by atoms with Crippen molar-refractivity contribution >= 4 is 17.9 Å². The number of rotatable bonds is 2. The Balaban J connectivity index is 1.80. The molecule has 3 aliphatic rings. The second-order valence-corrected chi connectivity index (χ2v) is 4.89. The third-order valence-electron chi connectivity index (χ3n) is 4.14. The van der Waals surface area contributed by atoms with Gasteiger partial charge in [-0.05, 0) is 25.7 Å². The summed E-state index contributed by atoms with van der Waals surface area (Å²) in [5.74, 6) is -0.628. The van der Waals surface area contributed by atoms with Crippen LogP contribution in [0.4, 0.5) is 4.79 Å². The second kappa shape index (κ2) is 3.21. The van der Waals surface area contributed by atoms with Gasteiger partial charge in [-0.2, -0.15) is 0 Å². The van der Waals surface area contributed by atoms with Crippen LogP contribution in [0.3, 0.4) is 0 Å². The zero-order valence-corrected chi connectivity index (χ0v) is 9.49. The highest BCUT2D eigenvalue weighted by atomic mass is 16.5. The molecule has 3 fully saturated rings. The van der Waals surface area contributed by atoms with E-state index in [1.165, 1.54) is 0 Å². The zero-order chi connectivity index (χ0) is 12.2. The number of hydrogen-bond acceptors (Lipinski definition) is 4. The molecule has 6 heteroatoms. The van der Waals surface area contributed by atoms with E-state index in [-0.39, 0.29) is 29.6 Å². The molecule has 1 saturated heterocycles. The summed E-state index contributed by atoms with van der Waals surface area (Å²) in [5, 5.41) is 4.95. The Morgan fingerprint density at radius 1 is 1.53 bits per heavy atom. The van der Waals surface area contributed by atoms with Gasteiger partial charge in [-0.25, -0.2) is 4.79 Å². The van der Waals surface area contributed by atoms with Crippen LogP contribution in [0.1, 0.15) is 19.8 Å². The fourth-order valence-electron chi connectivity index (χ4n) is 3.44. The monoisotopic (exact) mass is 238 g/mol. The van der Waals surface area contributed by atoms with E-state index in [1.807, 2.05) is 0 Å². The predicted molar refractivity (Wildman–Crippen MR) is 55.7 cm³/mol. The Morgan fingerprint density at radius 2 is 2.29 bits per heavy atom. The number of esters is 1. The zero-order valence-electron chi connectivity index (χ0n) is 9.49. The average Bonchev–Trinajstić information content (AvgIpc) is 2.79. The summed E-state index contributed by atoms with van der Waals surface area (Å²) < 4.78 is 4.98. The van der Waals surface area contributed by atoms with E-state index >= 15 is 0 Å². The molecule has 0 radical (unpaired) electrons. The molecule has 0 bridgehead atoms. The Labute approximate surface area is 98.1 Å². The van der Waals surface area contributed by atoms with Crippen LogP contribution in [0.15, 0.2) is 0 Å². The third kappa shape index (κ3) is 1.23. The lowest BCUT2D eigenvalue weighted by Gasteiger charge is -2.22. The molecule has 3 rings (SSSR count). The summed E-state index contributed by atoms with van der Waals surface area (Å²) in [5.41, 5.74) is -0.848. The molecule has 3 amide bonds. The number of hydrogen-bond donors (Lipinski definition) is 2. The summed E-state index contributed by atoms with van der Waals surface area (Å²) in [6.45, 7) is 2.11. The van der Waals surface area contributed by atoms with Crippen LogP contribution in [0.5, 0.6) is 0 Å². The minimum Gasteiger partial charge on any atom is -0.466 e. The highest BCUT2D eigenvalue weighted by Crippen LogP contribution is 2.63. The first-order valence-corrected chi connectivity index (χ1v) is 5.90. The van der Waals surface area contributed by atoms with Crippen molar-refractivity contribution in [3.05, 3.63) is 0 Å². The normalized spacial score (nSPS) is 42.1. The topological polar surface area (TPSA) is 84.5 Å². The van der Waals surface area contributed by atoms with E-state index in [0.29, 0.717) is 13.0 Å². The minimum atomic E-state index is -0.848. The average molecular weight is 238 g/mol. The van der Waals surface area contributed by atoms with Gasteiger partial charge < -0.3 is 10.1 Å². The molecule has 1 aliphatic heterocycles. The molecule has 0 aromatic carbocycles. The van der Waals surface area contributed by atoms with Crippen molar-refractivity contribution < 1.29 is 19.1 Å². The van der Waals surface area contributed by atoms with Crippen LogP contribution in [-0.4, -0.2) is 30.1 Å². The molecular formula is C11H14N2O4. The molecule has 1 heterocycles. The lowest BCUT2D eigenvalue weighted by molar-refractivity contribution is -0.146. The van der Waals surface area contributed by atoms with E-state index in [1.54, 1.807) is 6.92 Å². The van der Waals surface area contributed by atoms with Gasteiger partial charge in [0, 0.05) is 5.92 Å². The fraction of sp³-hybridized carbons (Fsp3) is 0.727. The SMILES string of the molecule is CCOC(=O)[C@H]1[C@@H]2CC[C@]3(NC(=O)NC3=O)[C@@H]21. The molecule has 2 N–H and O–H groups in total. The van der Waals surface area contributed by atoms with Gasteiger partial charge in [0.1, 0.15) is 5.54 Å². The van der Waals surface area contributed by atoms with Crippen LogP contribution in [-0.2, 0) is 14.3 Å². The highest BCUT2D eigenvalue weighted by molar-refractivity contribution is 6.08. The van der Waals surface area contributed by atoms with Crippen LogP contribution in [0.2, 0.25) is 0 Å². The maximum Gasteiger partial charge on any atom is 0.322 e. The fourth-order valence-corrected chi connectivity index (χ4v) is 3.44. The van der Waals surface area contributed by atoms with E-state index in [2.05, 4.69) is 10.6 Å². The third-order valence-corrected chi connectivity index (χ3v) is 4.14. The van der Waals surface area contributed by atoms with Gasteiger partial charge in [0.2, 0.25) is 0 Å². The number of ether oxygens (including phenoxy) is 1. The number of fused-ring (bicyclic) bond motifs is 2. The van der Waals surface area contributed by atoms with Crippen molar-refractivity contribution in [3.63, 3.8) is 0 Å². The van der Waals surface area contributed by atoms with Crippen molar-refractivity contribution in [3.8, 4) is 0 Å².